The highest BCUT2D eigenvalue weighted by Gasteiger charge is 2.35. The van der Waals surface area contributed by atoms with E-state index in [2.05, 4.69) is 11.4 Å². The van der Waals surface area contributed by atoms with Gasteiger partial charge in [0.25, 0.3) is 0 Å². The zero-order chi connectivity index (χ0) is 15.1. The maximum absolute atomic E-state index is 12.2. The van der Waals surface area contributed by atoms with Crippen LogP contribution in [0.25, 0.3) is 0 Å². The zero-order valence-electron chi connectivity index (χ0n) is 12.2. The summed E-state index contributed by atoms with van der Waals surface area (Å²) >= 11 is 0. The summed E-state index contributed by atoms with van der Waals surface area (Å²) in [6.07, 6.45) is 1.17. The molecule has 2 unspecified atom stereocenters. The van der Waals surface area contributed by atoms with Crippen molar-refractivity contribution in [2.75, 3.05) is 26.9 Å². The molecule has 1 amide bonds. The van der Waals surface area contributed by atoms with Crippen molar-refractivity contribution in [2.45, 2.75) is 18.4 Å². The van der Waals surface area contributed by atoms with Crippen LogP contribution in [0.4, 0.5) is 0 Å². The second kappa shape index (κ2) is 7.21. The van der Waals surface area contributed by atoms with Gasteiger partial charge in [-0.1, -0.05) is 30.3 Å². The molecule has 2 atom stereocenters. The molecule has 112 valence electrons. The van der Waals surface area contributed by atoms with E-state index in [1.54, 1.807) is 7.11 Å². The van der Waals surface area contributed by atoms with Crippen LogP contribution in [-0.4, -0.2) is 38.4 Å². The lowest BCUT2D eigenvalue weighted by Crippen LogP contribution is -2.46. The fourth-order valence-electron chi connectivity index (χ4n) is 2.38. The molecule has 1 aliphatic rings. The molecule has 21 heavy (non-hydrogen) atoms. The summed E-state index contributed by atoms with van der Waals surface area (Å²) in [5.41, 5.74) is 0.521. The molecular formula is C16H20N2O3. The summed E-state index contributed by atoms with van der Waals surface area (Å²) in [4.78, 5) is 12.2. The Balaban J connectivity index is 1.90. The topological polar surface area (TPSA) is 71.3 Å². The highest BCUT2D eigenvalue weighted by molar-refractivity contribution is 5.81. The van der Waals surface area contributed by atoms with Crippen molar-refractivity contribution >= 4 is 5.91 Å². The Morgan fingerprint density at radius 3 is 2.86 bits per heavy atom. The summed E-state index contributed by atoms with van der Waals surface area (Å²) < 4.78 is 10.8. The molecule has 1 aromatic rings. The molecule has 0 spiro atoms. The number of carbonyl (C=O) groups excluding carboxylic acids is 1. The monoisotopic (exact) mass is 288 g/mol. The number of methoxy groups -OCH3 is 1. The fourth-order valence-corrected chi connectivity index (χ4v) is 2.38. The van der Waals surface area contributed by atoms with Gasteiger partial charge in [-0.15, -0.1) is 0 Å². The quantitative estimate of drug-likeness (QED) is 0.856. The Kier molecular flexibility index (Phi) is 5.32. The summed E-state index contributed by atoms with van der Waals surface area (Å²) in [6.45, 7) is 1.48. The summed E-state index contributed by atoms with van der Waals surface area (Å²) in [5.74, 6) is -0.951. The first-order chi connectivity index (χ1) is 10.2. The SMILES string of the molecule is COC1(CNC(=O)C(C#N)Cc2ccccc2)CCOC1. The molecule has 5 nitrogen and oxygen atoms in total. The summed E-state index contributed by atoms with van der Waals surface area (Å²) in [5, 5.41) is 12.0. The molecule has 1 fully saturated rings. The highest BCUT2D eigenvalue weighted by atomic mass is 16.5. The predicted octanol–water partition coefficient (Wildman–Crippen LogP) is 1.29. The molecular weight excluding hydrogens is 268 g/mol. The smallest absolute Gasteiger partial charge is 0.237 e. The van der Waals surface area contributed by atoms with Gasteiger partial charge in [-0.25, -0.2) is 0 Å². The van der Waals surface area contributed by atoms with Crippen molar-refractivity contribution in [2.24, 2.45) is 5.92 Å². The minimum Gasteiger partial charge on any atom is -0.378 e. The van der Waals surface area contributed by atoms with E-state index in [9.17, 15) is 10.1 Å². The molecule has 1 aromatic carbocycles. The van der Waals surface area contributed by atoms with E-state index in [0.717, 1.165) is 12.0 Å². The maximum atomic E-state index is 12.2. The van der Waals surface area contributed by atoms with E-state index >= 15 is 0 Å². The van der Waals surface area contributed by atoms with Gasteiger partial charge in [0.1, 0.15) is 11.5 Å². The Morgan fingerprint density at radius 2 is 2.29 bits per heavy atom. The molecule has 0 bridgehead atoms. The Hall–Kier alpha value is -1.90. The molecule has 0 saturated carbocycles. The first kappa shape index (κ1) is 15.5. The van der Waals surface area contributed by atoms with Crippen LogP contribution in [0, 0.1) is 17.2 Å². The van der Waals surface area contributed by atoms with E-state index in [0.29, 0.717) is 26.2 Å². The standard InChI is InChI=1S/C16H20N2O3/c1-20-16(7-8-21-12-16)11-18-15(19)14(10-17)9-13-5-3-2-4-6-13/h2-6,14H,7-9,11-12H2,1H3,(H,18,19). The van der Waals surface area contributed by atoms with Crippen LogP contribution in [0.15, 0.2) is 30.3 Å². The lowest BCUT2D eigenvalue weighted by atomic mass is 9.98. The van der Waals surface area contributed by atoms with Crippen molar-refractivity contribution in [3.63, 3.8) is 0 Å². The van der Waals surface area contributed by atoms with E-state index < -0.39 is 11.5 Å². The Labute approximate surface area is 124 Å². The zero-order valence-corrected chi connectivity index (χ0v) is 12.2. The predicted molar refractivity (Wildman–Crippen MR) is 77.4 cm³/mol. The number of ether oxygens (including phenoxy) is 2. The van der Waals surface area contributed by atoms with Crippen molar-refractivity contribution in [3.05, 3.63) is 35.9 Å². The molecule has 5 heteroatoms. The van der Waals surface area contributed by atoms with Gasteiger partial charge < -0.3 is 14.8 Å². The van der Waals surface area contributed by atoms with Crippen LogP contribution in [0.5, 0.6) is 0 Å². The fraction of sp³-hybridized carbons (Fsp3) is 0.500. The molecule has 1 aliphatic heterocycles. The first-order valence-electron chi connectivity index (χ1n) is 7.03. The Bertz CT molecular complexity index is 504. The molecule has 0 radical (unpaired) electrons. The number of benzene rings is 1. The second-order valence-electron chi connectivity index (χ2n) is 5.28. The number of carbonyl (C=O) groups is 1. The third-order valence-electron chi connectivity index (χ3n) is 3.84. The molecule has 0 aliphatic carbocycles. The number of nitrogens with one attached hydrogen (secondary N) is 1. The van der Waals surface area contributed by atoms with Crippen LogP contribution in [0.3, 0.4) is 0 Å². The highest BCUT2D eigenvalue weighted by Crippen LogP contribution is 2.21. The molecule has 1 saturated heterocycles. The molecule has 1 heterocycles. The van der Waals surface area contributed by atoms with Crippen LogP contribution < -0.4 is 5.32 Å². The lowest BCUT2D eigenvalue weighted by molar-refractivity contribution is -0.125. The number of rotatable bonds is 6. The van der Waals surface area contributed by atoms with Gasteiger partial charge in [0.2, 0.25) is 5.91 Å². The number of hydrogen-bond donors (Lipinski definition) is 1. The lowest BCUT2D eigenvalue weighted by Gasteiger charge is -2.26. The van der Waals surface area contributed by atoms with Crippen molar-refractivity contribution in [1.82, 2.24) is 5.32 Å². The van der Waals surface area contributed by atoms with E-state index in [-0.39, 0.29) is 5.91 Å². The summed E-state index contributed by atoms with van der Waals surface area (Å²) in [7, 11) is 1.62. The molecule has 2 rings (SSSR count). The number of nitriles is 1. The van der Waals surface area contributed by atoms with Crippen molar-refractivity contribution in [3.8, 4) is 6.07 Å². The van der Waals surface area contributed by atoms with Gasteiger partial charge in [-0.3, -0.25) is 4.79 Å². The van der Waals surface area contributed by atoms with Crippen LogP contribution in [-0.2, 0) is 20.7 Å². The van der Waals surface area contributed by atoms with Crippen LogP contribution in [0.2, 0.25) is 0 Å². The number of nitrogens with zero attached hydrogens (tertiary/aromatic N) is 1. The second-order valence-corrected chi connectivity index (χ2v) is 5.28. The van der Waals surface area contributed by atoms with Gasteiger partial charge in [-0.2, -0.15) is 5.26 Å². The third kappa shape index (κ3) is 4.03. The molecule has 1 N–H and O–H groups in total. The summed E-state index contributed by atoms with van der Waals surface area (Å²) in [6, 6.07) is 11.6. The van der Waals surface area contributed by atoms with E-state index in [1.165, 1.54) is 0 Å². The third-order valence-corrected chi connectivity index (χ3v) is 3.84. The van der Waals surface area contributed by atoms with E-state index in [1.807, 2.05) is 30.3 Å². The van der Waals surface area contributed by atoms with Crippen LogP contribution in [0.1, 0.15) is 12.0 Å². The van der Waals surface area contributed by atoms with Gasteiger partial charge >= 0.3 is 0 Å². The van der Waals surface area contributed by atoms with E-state index in [4.69, 9.17) is 9.47 Å². The van der Waals surface area contributed by atoms with Gasteiger partial charge in [-0.05, 0) is 12.0 Å². The van der Waals surface area contributed by atoms with Crippen molar-refractivity contribution < 1.29 is 14.3 Å². The maximum Gasteiger partial charge on any atom is 0.237 e. The van der Waals surface area contributed by atoms with Crippen molar-refractivity contribution in [1.29, 1.82) is 5.26 Å². The van der Waals surface area contributed by atoms with Gasteiger partial charge in [0.15, 0.2) is 0 Å². The first-order valence-corrected chi connectivity index (χ1v) is 7.03. The normalized spacial score (nSPS) is 22.5. The average molecular weight is 288 g/mol. The largest absolute Gasteiger partial charge is 0.378 e. The number of hydrogen-bond acceptors (Lipinski definition) is 4. The minimum atomic E-state index is -0.691. The van der Waals surface area contributed by atoms with Crippen LogP contribution >= 0.6 is 0 Å². The molecule has 0 aromatic heterocycles. The average Bonchev–Trinajstić information content (AvgIpc) is 3.01. The minimum absolute atomic E-state index is 0.260. The number of amides is 1. The van der Waals surface area contributed by atoms with Gasteiger partial charge in [0, 0.05) is 26.7 Å². The Morgan fingerprint density at radius 1 is 1.52 bits per heavy atom. The van der Waals surface area contributed by atoms with Gasteiger partial charge in [0.05, 0.1) is 12.7 Å².